The summed E-state index contributed by atoms with van der Waals surface area (Å²) in [5.74, 6) is -2.39. The van der Waals surface area contributed by atoms with E-state index in [-0.39, 0.29) is 12.8 Å². The molecule has 11 nitrogen and oxygen atoms in total. The summed E-state index contributed by atoms with van der Waals surface area (Å²) >= 11 is 0. The van der Waals surface area contributed by atoms with E-state index in [1.165, 1.54) is 135 Å². The van der Waals surface area contributed by atoms with Crippen molar-refractivity contribution in [3.63, 3.8) is 0 Å². The van der Waals surface area contributed by atoms with Crippen LogP contribution < -0.4 is 5.32 Å². The molecular formula is C56H100NO10P. The fourth-order valence-electron chi connectivity index (χ4n) is 7.53. The second-order valence-electron chi connectivity index (χ2n) is 18.4. The number of amides is 1. The highest BCUT2D eigenvalue weighted by molar-refractivity contribution is 7.47. The maximum atomic E-state index is 12.4. The number of ether oxygens (including phenoxy) is 1. The van der Waals surface area contributed by atoms with Crippen LogP contribution in [-0.4, -0.2) is 64.9 Å². The highest BCUT2D eigenvalue weighted by Crippen LogP contribution is 2.43. The van der Waals surface area contributed by atoms with Gasteiger partial charge in [-0.1, -0.05) is 209 Å². The largest absolute Gasteiger partial charge is 0.480 e. The number of unbranched alkanes of at least 4 members (excludes halogenated alkanes) is 27. The maximum Gasteiger partial charge on any atom is 0.472 e. The van der Waals surface area contributed by atoms with Crippen LogP contribution in [-0.2, 0) is 32.7 Å². The lowest BCUT2D eigenvalue weighted by atomic mass is 10.0. The lowest BCUT2D eigenvalue weighted by molar-refractivity contribution is -0.147. The quantitative estimate of drug-likeness (QED) is 0.0199. The van der Waals surface area contributed by atoms with Crippen molar-refractivity contribution in [1.29, 1.82) is 0 Å². The molecule has 0 aliphatic heterocycles. The van der Waals surface area contributed by atoms with Gasteiger partial charge in [0.15, 0.2) is 6.04 Å². The molecule has 0 aliphatic rings. The number of hydrogen-bond acceptors (Lipinski definition) is 8. The number of carboxylic acids is 1. The van der Waals surface area contributed by atoms with Gasteiger partial charge >= 0.3 is 19.8 Å². The van der Waals surface area contributed by atoms with Gasteiger partial charge in [0.25, 0.3) is 0 Å². The standard InChI is InChI=1S/C56H100NO10P/c1-3-5-7-9-11-13-15-17-19-21-23-25-26-28-29-31-33-35-37-39-41-43-45-47-54(59)57-53(56(61)62)51-67-68(63,64)66-50-52(58)49-65-55(60)48-46-44-42-40-38-36-34-32-30-27-24-22-20-18-16-14-12-10-8-6-4-2/h12,14,17-20,24,27,32,34,52-53,58H,3-11,13,15-16,21-23,25-26,28-31,33,35-51H2,1-2H3,(H,57,59)(H,61,62)(H,63,64)/b14-12-,19-17+,20-18-,27-24-,34-32-. The SMILES string of the molecule is CCCCC/C=C\C/C=C\C/C=C\C/C=C\CCCCCCCC(=O)OCC(O)COP(=O)(O)OCC(NC(=O)CCCCCCCCCCCCCCC/C=C/CCCCCCCC)C(=O)O. The number of carbonyl (C=O) groups excluding carboxylic acids is 2. The molecule has 12 heteroatoms. The van der Waals surface area contributed by atoms with Crippen LogP contribution in [0.4, 0.5) is 0 Å². The van der Waals surface area contributed by atoms with Gasteiger partial charge < -0.3 is 25.2 Å². The van der Waals surface area contributed by atoms with Crippen LogP contribution in [0.2, 0.25) is 0 Å². The molecule has 68 heavy (non-hydrogen) atoms. The van der Waals surface area contributed by atoms with Gasteiger partial charge in [-0.25, -0.2) is 9.36 Å². The average molecular weight is 978 g/mol. The number of allylic oxidation sites excluding steroid dienone is 10. The summed E-state index contributed by atoms with van der Waals surface area (Å²) in [6.07, 6.45) is 61.0. The van der Waals surface area contributed by atoms with Crippen molar-refractivity contribution in [3.8, 4) is 0 Å². The number of nitrogens with one attached hydrogen (secondary N) is 1. The molecule has 0 fully saturated rings. The van der Waals surface area contributed by atoms with Crippen LogP contribution in [0.3, 0.4) is 0 Å². The summed E-state index contributed by atoms with van der Waals surface area (Å²) in [7, 11) is -4.77. The summed E-state index contributed by atoms with van der Waals surface area (Å²) in [6.45, 7) is 2.58. The summed E-state index contributed by atoms with van der Waals surface area (Å²) in [5, 5.41) is 22.0. The van der Waals surface area contributed by atoms with E-state index in [4.69, 9.17) is 13.8 Å². The summed E-state index contributed by atoms with van der Waals surface area (Å²) in [6, 6.07) is -1.55. The number of aliphatic carboxylic acids is 1. The molecule has 0 saturated carbocycles. The minimum Gasteiger partial charge on any atom is -0.480 e. The molecule has 0 aliphatic carbocycles. The number of rotatable bonds is 51. The Morgan fingerprint density at radius 3 is 1.25 bits per heavy atom. The molecular weight excluding hydrogens is 878 g/mol. The van der Waals surface area contributed by atoms with E-state index >= 15 is 0 Å². The summed E-state index contributed by atoms with van der Waals surface area (Å²) < 4.78 is 27.0. The first-order valence-corrected chi connectivity index (χ1v) is 28.8. The van der Waals surface area contributed by atoms with E-state index in [2.05, 4.69) is 79.9 Å². The fraction of sp³-hybridized carbons (Fsp3) is 0.768. The van der Waals surface area contributed by atoms with Gasteiger partial charge in [0.1, 0.15) is 12.7 Å². The molecule has 0 aromatic rings. The van der Waals surface area contributed by atoms with E-state index < -0.39 is 57.6 Å². The van der Waals surface area contributed by atoms with Crippen molar-refractivity contribution in [2.24, 2.45) is 0 Å². The van der Waals surface area contributed by atoms with Crippen molar-refractivity contribution in [2.75, 3.05) is 19.8 Å². The van der Waals surface area contributed by atoms with Crippen molar-refractivity contribution in [3.05, 3.63) is 60.8 Å². The van der Waals surface area contributed by atoms with Gasteiger partial charge in [-0.15, -0.1) is 0 Å². The van der Waals surface area contributed by atoms with Crippen LogP contribution in [0, 0.1) is 0 Å². The molecule has 0 heterocycles. The number of hydrogen-bond donors (Lipinski definition) is 4. The fourth-order valence-corrected chi connectivity index (χ4v) is 8.30. The second-order valence-corrected chi connectivity index (χ2v) is 19.9. The Bertz CT molecular complexity index is 1380. The smallest absolute Gasteiger partial charge is 0.472 e. The lowest BCUT2D eigenvalue weighted by Gasteiger charge is -2.18. The van der Waals surface area contributed by atoms with E-state index in [1.807, 2.05) is 0 Å². The Morgan fingerprint density at radius 1 is 0.471 bits per heavy atom. The second kappa shape index (κ2) is 50.6. The lowest BCUT2D eigenvalue weighted by Crippen LogP contribution is -2.43. The van der Waals surface area contributed by atoms with Crippen LogP contribution in [0.25, 0.3) is 0 Å². The number of carbonyl (C=O) groups is 3. The minimum atomic E-state index is -4.77. The molecule has 0 saturated heterocycles. The molecule has 394 valence electrons. The van der Waals surface area contributed by atoms with Crippen LogP contribution in [0.1, 0.15) is 245 Å². The zero-order valence-electron chi connectivity index (χ0n) is 43.2. The van der Waals surface area contributed by atoms with Crippen LogP contribution >= 0.6 is 7.82 Å². The predicted molar refractivity (Wildman–Crippen MR) is 282 cm³/mol. The zero-order valence-corrected chi connectivity index (χ0v) is 44.0. The maximum absolute atomic E-state index is 12.4. The van der Waals surface area contributed by atoms with Gasteiger partial charge in [-0.05, 0) is 83.5 Å². The van der Waals surface area contributed by atoms with Gasteiger partial charge in [-0.2, -0.15) is 0 Å². The summed E-state index contributed by atoms with van der Waals surface area (Å²) in [5.41, 5.74) is 0. The third kappa shape index (κ3) is 49.6. The highest BCUT2D eigenvalue weighted by Gasteiger charge is 2.28. The first-order valence-electron chi connectivity index (χ1n) is 27.3. The molecule has 0 aromatic heterocycles. The van der Waals surface area contributed by atoms with Gasteiger partial charge in [0.2, 0.25) is 5.91 Å². The van der Waals surface area contributed by atoms with E-state index in [1.54, 1.807) is 0 Å². The highest BCUT2D eigenvalue weighted by atomic mass is 31.2. The van der Waals surface area contributed by atoms with Crippen LogP contribution in [0.5, 0.6) is 0 Å². The van der Waals surface area contributed by atoms with Gasteiger partial charge in [0, 0.05) is 12.8 Å². The first kappa shape index (κ1) is 65.2. The normalized spacial score (nSPS) is 13.9. The number of phosphoric acid groups is 1. The minimum absolute atomic E-state index is 0.144. The molecule has 0 radical (unpaired) electrons. The van der Waals surface area contributed by atoms with Crippen molar-refractivity contribution in [2.45, 2.75) is 257 Å². The monoisotopic (exact) mass is 978 g/mol. The molecule has 3 atom stereocenters. The van der Waals surface area contributed by atoms with E-state index in [9.17, 15) is 34.1 Å². The Hall–Kier alpha value is -2.82. The van der Waals surface area contributed by atoms with E-state index in [0.29, 0.717) is 12.8 Å². The molecule has 0 spiro atoms. The molecule has 0 rings (SSSR count). The van der Waals surface area contributed by atoms with Gasteiger partial charge in [0.05, 0.1) is 13.2 Å². The van der Waals surface area contributed by atoms with Crippen molar-refractivity contribution < 1.29 is 47.8 Å². The van der Waals surface area contributed by atoms with E-state index in [0.717, 1.165) is 70.6 Å². The number of esters is 1. The number of carboxylic acid groups (broad SMARTS) is 1. The van der Waals surface area contributed by atoms with Crippen molar-refractivity contribution in [1.82, 2.24) is 5.32 Å². The number of phosphoric ester groups is 1. The predicted octanol–water partition coefficient (Wildman–Crippen LogP) is 15.5. The first-order chi connectivity index (χ1) is 33.1. The Labute approximate surface area is 415 Å². The third-order valence-corrected chi connectivity index (χ3v) is 12.7. The van der Waals surface area contributed by atoms with Crippen LogP contribution in [0.15, 0.2) is 60.8 Å². The Balaban J connectivity index is 3.83. The average Bonchev–Trinajstić information content (AvgIpc) is 3.32. The number of aliphatic hydroxyl groups is 1. The molecule has 1 amide bonds. The topological polar surface area (TPSA) is 169 Å². The number of aliphatic hydroxyl groups excluding tert-OH is 1. The zero-order chi connectivity index (χ0) is 49.9. The molecule has 4 N–H and O–H groups in total. The Kier molecular flexibility index (Phi) is 48.5. The van der Waals surface area contributed by atoms with Gasteiger partial charge in [-0.3, -0.25) is 18.6 Å². The molecule has 3 unspecified atom stereocenters. The summed E-state index contributed by atoms with van der Waals surface area (Å²) in [4.78, 5) is 46.2. The Morgan fingerprint density at radius 2 is 0.809 bits per heavy atom. The third-order valence-electron chi connectivity index (χ3n) is 11.8. The molecule has 0 bridgehead atoms. The molecule has 0 aromatic carbocycles. The van der Waals surface area contributed by atoms with Crippen molar-refractivity contribution >= 4 is 25.7 Å².